The summed E-state index contributed by atoms with van der Waals surface area (Å²) in [7, 11) is 1.56. The summed E-state index contributed by atoms with van der Waals surface area (Å²) < 4.78 is 18.1. The fourth-order valence-corrected chi connectivity index (χ4v) is 3.86. The van der Waals surface area contributed by atoms with Crippen LogP contribution in [-0.2, 0) is 4.79 Å². The highest BCUT2D eigenvalue weighted by Gasteiger charge is 2.21. The third kappa shape index (κ3) is 4.60. The molecule has 0 spiro atoms. The van der Waals surface area contributed by atoms with Gasteiger partial charge in [-0.15, -0.1) is 16.6 Å². The SMILES string of the molecule is C#CCOc1ccc(-c2nnc3n2N=C(c2ccc(OC)c(OCC(C)=O)c2)CS3)cc1. The number of rotatable bonds is 8. The van der Waals surface area contributed by atoms with Crippen LogP contribution in [0.1, 0.15) is 12.5 Å². The summed E-state index contributed by atoms with van der Waals surface area (Å²) in [6.07, 6.45) is 5.23. The molecule has 1 aliphatic heterocycles. The highest BCUT2D eigenvalue weighted by Crippen LogP contribution is 2.32. The smallest absolute Gasteiger partial charge is 0.212 e. The van der Waals surface area contributed by atoms with Crippen LogP contribution in [-0.4, -0.2) is 52.4 Å². The van der Waals surface area contributed by atoms with Gasteiger partial charge in [0.25, 0.3) is 0 Å². The molecule has 0 amide bonds. The number of carbonyl (C=O) groups is 1. The molecule has 9 heteroatoms. The summed E-state index contributed by atoms with van der Waals surface area (Å²) in [6.45, 7) is 1.66. The molecule has 3 aromatic rings. The van der Waals surface area contributed by atoms with Crippen molar-refractivity contribution in [3.8, 4) is 41.0 Å². The Kier molecular flexibility index (Phi) is 6.42. The van der Waals surface area contributed by atoms with Crippen LogP contribution in [0.3, 0.4) is 0 Å². The van der Waals surface area contributed by atoms with Crippen molar-refractivity contribution in [2.45, 2.75) is 12.1 Å². The van der Waals surface area contributed by atoms with Gasteiger partial charge in [-0.05, 0) is 49.4 Å². The van der Waals surface area contributed by atoms with Gasteiger partial charge >= 0.3 is 0 Å². The minimum Gasteiger partial charge on any atom is -0.493 e. The molecule has 2 heterocycles. The summed E-state index contributed by atoms with van der Waals surface area (Å²) >= 11 is 1.54. The fraction of sp³-hybridized carbons (Fsp3) is 0.217. The van der Waals surface area contributed by atoms with Gasteiger partial charge in [0.2, 0.25) is 5.16 Å². The molecule has 0 fully saturated rings. The van der Waals surface area contributed by atoms with Crippen molar-refractivity contribution in [1.29, 1.82) is 0 Å². The molecule has 8 nitrogen and oxygen atoms in total. The topological polar surface area (TPSA) is 87.8 Å². The lowest BCUT2D eigenvalue weighted by Crippen LogP contribution is -2.14. The van der Waals surface area contributed by atoms with Crippen molar-refractivity contribution >= 4 is 23.3 Å². The molecule has 1 aliphatic rings. The Morgan fingerprint density at radius 2 is 1.91 bits per heavy atom. The lowest BCUT2D eigenvalue weighted by molar-refractivity contribution is -0.118. The first-order valence-electron chi connectivity index (χ1n) is 9.72. The maximum Gasteiger partial charge on any atom is 0.212 e. The Morgan fingerprint density at radius 1 is 1.12 bits per heavy atom. The van der Waals surface area contributed by atoms with Crippen LogP contribution in [0.2, 0.25) is 0 Å². The van der Waals surface area contributed by atoms with E-state index in [0.29, 0.717) is 34.0 Å². The number of fused-ring (bicyclic) bond motifs is 1. The van der Waals surface area contributed by atoms with Gasteiger partial charge in [0.05, 0.1) is 12.8 Å². The van der Waals surface area contributed by atoms with Gasteiger partial charge in [0.1, 0.15) is 19.0 Å². The zero-order valence-electron chi connectivity index (χ0n) is 17.6. The molecule has 0 N–H and O–H groups in total. The van der Waals surface area contributed by atoms with E-state index >= 15 is 0 Å². The first kappa shape index (κ1) is 21.5. The Hall–Kier alpha value is -3.77. The predicted octanol–water partition coefficient (Wildman–Crippen LogP) is 3.29. The molecule has 0 bridgehead atoms. The number of aromatic nitrogens is 3. The lowest BCUT2D eigenvalue weighted by Gasteiger charge is -2.16. The molecule has 0 saturated carbocycles. The summed E-state index contributed by atoms with van der Waals surface area (Å²) in [5.74, 6) is 5.33. The number of benzene rings is 2. The number of carbonyl (C=O) groups excluding carboxylic acids is 1. The number of ether oxygens (including phenoxy) is 3. The number of Topliss-reactive ketones (excluding diaryl/α,β-unsaturated/α-hetero) is 1. The number of hydrogen-bond donors (Lipinski definition) is 0. The molecule has 0 saturated heterocycles. The average Bonchev–Trinajstić information content (AvgIpc) is 3.24. The molecule has 1 aromatic heterocycles. The van der Waals surface area contributed by atoms with Crippen LogP contribution >= 0.6 is 11.8 Å². The van der Waals surface area contributed by atoms with Gasteiger partial charge in [-0.3, -0.25) is 4.79 Å². The van der Waals surface area contributed by atoms with Gasteiger partial charge in [-0.1, -0.05) is 17.7 Å². The maximum atomic E-state index is 11.3. The van der Waals surface area contributed by atoms with Gasteiger partial charge in [0, 0.05) is 16.9 Å². The van der Waals surface area contributed by atoms with E-state index in [1.807, 2.05) is 36.4 Å². The maximum absolute atomic E-state index is 11.3. The van der Waals surface area contributed by atoms with Gasteiger partial charge < -0.3 is 14.2 Å². The average molecular weight is 449 g/mol. The molecule has 162 valence electrons. The first-order valence-corrected chi connectivity index (χ1v) is 10.7. The summed E-state index contributed by atoms with van der Waals surface area (Å²) in [6, 6.07) is 13.0. The largest absolute Gasteiger partial charge is 0.493 e. The van der Waals surface area contributed by atoms with E-state index in [0.717, 1.165) is 16.8 Å². The standard InChI is InChI=1S/C23H20N4O4S/c1-4-11-30-18-8-5-16(6-9-18)22-24-25-23-27(22)26-19(14-32-23)17-7-10-20(29-3)21(12-17)31-13-15(2)28/h1,5-10,12H,11,13-14H2,2-3H3. The molecule has 0 aliphatic carbocycles. The van der Waals surface area contributed by atoms with Crippen molar-refractivity contribution < 1.29 is 19.0 Å². The van der Waals surface area contributed by atoms with Crippen molar-refractivity contribution in [2.24, 2.45) is 5.10 Å². The van der Waals surface area contributed by atoms with Gasteiger partial charge in [-0.2, -0.15) is 9.78 Å². The summed E-state index contributed by atoms with van der Waals surface area (Å²) in [4.78, 5) is 11.3. The second-order valence-electron chi connectivity index (χ2n) is 6.83. The van der Waals surface area contributed by atoms with Crippen molar-refractivity contribution in [3.63, 3.8) is 0 Å². The zero-order chi connectivity index (χ0) is 22.5. The minimum atomic E-state index is -0.0718. The first-order chi connectivity index (χ1) is 15.6. The number of nitrogens with zero attached hydrogens (tertiary/aromatic N) is 4. The van der Waals surface area contributed by atoms with Crippen LogP contribution in [0.4, 0.5) is 0 Å². The molecule has 2 aromatic carbocycles. The molecule has 4 rings (SSSR count). The van der Waals surface area contributed by atoms with E-state index in [1.54, 1.807) is 29.6 Å². The van der Waals surface area contributed by atoms with Crippen molar-refractivity contribution in [3.05, 3.63) is 48.0 Å². The van der Waals surface area contributed by atoms with E-state index in [2.05, 4.69) is 16.1 Å². The van der Waals surface area contributed by atoms with Gasteiger partial charge in [-0.25, -0.2) is 0 Å². The van der Waals surface area contributed by atoms with E-state index in [1.165, 1.54) is 6.92 Å². The van der Waals surface area contributed by atoms with E-state index in [4.69, 9.17) is 25.7 Å². The Bertz CT molecular complexity index is 1210. The van der Waals surface area contributed by atoms with Crippen LogP contribution in [0.15, 0.2) is 52.7 Å². The Labute approximate surface area is 189 Å². The van der Waals surface area contributed by atoms with Crippen molar-refractivity contribution in [1.82, 2.24) is 14.9 Å². The quantitative estimate of drug-likeness (QED) is 0.489. The highest BCUT2D eigenvalue weighted by atomic mass is 32.2. The van der Waals surface area contributed by atoms with Crippen LogP contribution < -0.4 is 14.2 Å². The molecular weight excluding hydrogens is 428 g/mol. The minimum absolute atomic E-state index is 0.0260. The molecule has 32 heavy (non-hydrogen) atoms. The van der Waals surface area contributed by atoms with Crippen LogP contribution in [0.5, 0.6) is 17.2 Å². The predicted molar refractivity (Wildman–Crippen MR) is 122 cm³/mol. The Morgan fingerprint density at radius 3 is 2.62 bits per heavy atom. The number of terminal acetylenes is 1. The van der Waals surface area contributed by atoms with Crippen LogP contribution in [0, 0.1) is 12.3 Å². The van der Waals surface area contributed by atoms with E-state index < -0.39 is 0 Å². The molecular formula is C23H20N4O4S. The number of methoxy groups -OCH3 is 1. The number of ketones is 1. The molecule has 0 atom stereocenters. The second kappa shape index (κ2) is 9.58. The van der Waals surface area contributed by atoms with E-state index in [-0.39, 0.29) is 19.0 Å². The third-order valence-electron chi connectivity index (χ3n) is 4.53. The highest BCUT2D eigenvalue weighted by molar-refractivity contribution is 7.99. The summed E-state index contributed by atoms with van der Waals surface area (Å²) in [5, 5.41) is 14.1. The van der Waals surface area contributed by atoms with Crippen molar-refractivity contribution in [2.75, 3.05) is 26.1 Å². The Balaban J connectivity index is 1.64. The normalized spacial score (nSPS) is 12.3. The zero-order valence-corrected chi connectivity index (χ0v) is 18.4. The van der Waals surface area contributed by atoms with Crippen LogP contribution in [0.25, 0.3) is 11.4 Å². The summed E-state index contributed by atoms with van der Waals surface area (Å²) in [5.41, 5.74) is 2.54. The monoisotopic (exact) mass is 448 g/mol. The second-order valence-corrected chi connectivity index (χ2v) is 7.77. The molecule has 0 unspecified atom stereocenters. The lowest BCUT2D eigenvalue weighted by atomic mass is 10.1. The van der Waals surface area contributed by atoms with Gasteiger partial charge in [0.15, 0.2) is 23.1 Å². The fourth-order valence-electron chi connectivity index (χ4n) is 3.02. The number of hydrogen-bond acceptors (Lipinski definition) is 8. The molecule has 0 radical (unpaired) electrons. The third-order valence-corrected chi connectivity index (χ3v) is 5.46. The number of thioether (sulfide) groups is 1. The van der Waals surface area contributed by atoms with E-state index in [9.17, 15) is 4.79 Å².